The van der Waals surface area contributed by atoms with Crippen LogP contribution in [-0.4, -0.2) is 48.1 Å². The zero-order valence-electron chi connectivity index (χ0n) is 18.1. The summed E-state index contributed by atoms with van der Waals surface area (Å²) in [5.74, 6) is 1.36. The average molecular weight is 456 g/mol. The first kappa shape index (κ1) is 21.1. The maximum Gasteiger partial charge on any atom is 0.340 e. The Bertz CT molecular complexity index is 1570. The zero-order chi connectivity index (χ0) is 23.7. The normalized spacial score (nSPS) is 11.1. The van der Waals surface area contributed by atoms with Gasteiger partial charge in [0.2, 0.25) is 5.88 Å². The highest BCUT2D eigenvalue weighted by Crippen LogP contribution is 2.35. The van der Waals surface area contributed by atoms with E-state index in [1.54, 1.807) is 43.6 Å². The standard InChI is InChI=1S/C24H20N6O4/c1-34-23-15(3-2-10-25-23)13-5-7-20(32)16(11-13)22-26-17-6-4-14(12-18(17)27-22)19(31)8-9-21-28-24(33)30-29-21/h2-7,10-12,32H,8-9H2,1H3,(H,26,27)(H2,28,29,30,33). The number of pyridine rings is 1. The molecule has 0 fully saturated rings. The van der Waals surface area contributed by atoms with Crippen LogP contribution < -0.4 is 10.4 Å². The van der Waals surface area contributed by atoms with E-state index >= 15 is 0 Å². The number of rotatable bonds is 7. The third kappa shape index (κ3) is 4.04. The van der Waals surface area contributed by atoms with Gasteiger partial charge in [0.1, 0.15) is 17.4 Å². The summed E-state index contributed by atoms with van der Waals surface area (Å²) in [5.41, 5.74) is 3.54. The molecule has 5 aromatic rings. The quantitative estimate of drug-likeness (QED) is 0.275. The lowest BCUT2D eigenvalue weighted by Crippen LogP contribution is -2.04. The van der Waals surface area contributed by atoms with E-state index < -0.39 is 5.69 Å². The van der Waals surface area contributed by atoms with E-state index in [9.17, 15) is 14.7 Å². The van der Waals surface area contributed by atoms with Crippen molar-refractivity contribution in [2.24, 2.45) is 0 Å². The van der Waals surface area contributed by atoms with Gasteiger partial charge in [0, 0.05) is 30.2 Å². The number of phenolic OH excluding ortho intramolecular Hbond substituents is 1. The predicted octanol–water partition coefficient (Wildman–Crippen LogP) is 3.23. The van der Waals surface area contributed by atoms with Crippen LogP contribution >= 0.6 is 0 Å². The summed E-state index contributed by atoms with van der Waals surface area (Å²) in [6, 6.07) is 14.1. The van der Waals surface area contributed by atoms with Crippen LogP contribution in [0.2, 0.25) is 0 Å². The lowest BCUT2D eigenvalue weighted by atomic mass is 10.0. The number of Topliss-reactive ketones (excluding diaryl/α,β-unsaturated/α-hetero) is 1. The summed E-state index contributed by atoms with van der Waals surface area (Å²) >= 11 is 0. The molecule has 0 saturated heterocycles. The third-order valence-electron chi connectivity index (χ3n) is 5.47. The van der Waals surface area contributed by atoms with E-state index in [1.807, 2.05) is 18.2 Å². The van der Waals surface area contributed by atoms with Crippen molar-refractivity contribution in [3.05, 3.63) is 76.6 Å². The van der Waals surface area contributed by atoms with E-state index in [0.29, 0.717) is 46.1 Å². The first-order valence-corrected chi connectivity index (χ1v) is 10.5. The molecule has 10 heteroatoms. The second-order valence-electron chi connectivity index (χ2n) is 7.66. The molecule has 0 spiro atoms. The fourth-order valence-corrected chi connectivity index (χ4v) is 3.78. The van der Waals surface area contributed by atoms with E-state index in [4.69, 9.17) is 4.74 Å². The number of carbonyl (C=O) groups is 1. The second kappa shape index (κ2) is 8.66. The Labute approximate surface area is 192 Å². The number of hydrogen-bond donors (Lipinski definition) is 4. The van der Waals surface area contributed by atoms with Crippen molar-refractivity contribution in [2.45, 2.75) is 12.8 Å². The van der Waals surface area contributed by atoms with E-state index in [-0.39, 0.29) is 18.0 Å². The average Bonchev–Trinajstić information content (AvgIpc) is 3.48. The Kier molecular flexibility index (Phi) is 5.38. The molecule has 5 rings (SSSR count). The molecule has 0 amide bonds. The fraction of sp³-hybridized carbons (Fsp3) is 0.125. The van der Waals surface area contributed by atoms with Crippen molar-refractivity contribution >= 4 is 16.8 Å². The Hall–Kier alpha value is -4.73. The molecule has 3 aromatic heterocycles. The molecule has 3 heterocycles. The van der Waals surface area contributed by atoms with Crippen molar-refractivity contribution in [3.8, 4) is 34.1 Å². The Balaban J connectivity index is 1.44. The van der Waals surface area contributed by atoms with Gasteiger partial charge in [-0.15, -0.1) is 0 Å². The van der Waals surface area contributed by atoms with Gasteiger partial charge in [-0.25, -0.2) is 19.9 Å². The first-order valence-electron chi connectivity index (χ1n) is 10.5. The Morgan fingerprint density at radius 3 is 2.76 bits per heavy atom. The minimum absolute atomic E-state index is 0.0648. The lowest BCUT2D eigenvalue weighted by Gasteiger charge is -2.09. The molecule has 0 radical (unpaired) electrons. The van der Waals surface area contributed by atoms with Gasteiger partial charge in [0.15, 0.2) is 5.78 Å². The second-order valence-corrected chi connectivity index (χ2v) is 7.66. The zero-order valence-corrected chi connectivity index (χ0v) is 18.1. The number of ether oxygens (including phenoxy) is 1. The number of ketones is 1. The number of aromatic hydroxyl groups is 1. The van der Waals surface area contributed by atoms with Crippen molar-refractivity contribution in [1.29, 1.82) is 0 Å². The van der Waals surface area contributed by atoms with Crippen LogP contribution in [0.4, 0.5) is 0 Å². The number of fused-ring (bicyclic) bond motifs is 1. The summed E-state index contributed by atoms with van der Waals surface area (Å²) in [5, 5.41) is 16.6. The summed E-state index contributed by atoms with van der Waals surface area (Å²) in [4.78, 5) is 38.3. The molecule has 0 saturated carbocycles. The monoisotopic (exact) mass is 456 g/mol. The maximum atomic E-state index is 12.6. The summed E-state index contributed by atoms with van der Waals surface area (Å²) in [6.07, 6.45) is 2.17. The number of hydrogen-bond acceptors (Lipinski definition) is 7. The number of nitrogens with one attached hydrogen (secondary N) is 3. The highest BCUT2D eigenvalue weighted by molar-refractivity contribution is 5.99. The number of H-pyrrole nitrogens is 3. The molecule has 0 aliphatic carbocycles. The van der Waals surface area contributed by atoms with Crippen LogP contribution in [0.15, 0.2) is 59.5 Å². The molecule has 2 aromatic carbocycles. The van der Waals surface area contributed by atoms with Crippen LogP contribution in [0.25, 0.3) is 33.5 Å². The molecule has 34 heavy (non-hydrogen) atoms. The number of phenols is 1. The van der Waals surface area contributed by atoms with Gasteiger partial charge in [0.05, 0.1) is 23.7 Å². The molecular formula is C24H20N6O4. The van der Waals surface area contributed by atoms with Crippen molar-refractivity contribution in [1.82, 2.24) is 30.1 Å². The summed E-state index contributed by atoms with van der Waals surface area (Å²) in [7, 11) is 1.55. The first-order chi connectivity index (χ1) is 16.5. The molecule has 0 aliphatic heterocycles. The highest BCUT2D eigenvalue weighted by Gasteiger charge is 2.15. The number of aromatic amines is 3. The number of carbonyl (C=O) groups excluding carboxylic acids is 1. The van der Waals surface area contributed by atoms with Gasteiger partial charge in [-0.05, 0) is 48.0 Å². The van der Waals surface area contributed by atoms with Crippen LogP contribution in [0.3, 0.4) is 0 Å². The van der Waals surface area contributed by atoms with Gasteiger partial charge in [-0.1, -0.05) is 6.07 Å². The molecule has 0 aliphatic rings. The van der Waals surface area contributed by atoms with Crippen LogP contribution in [0, 0.1) is 0 Å². The molecule has 0 unspecified atom stereocenters. The van der Waals surface area contributed by atoms with E-state index in [1.165, 1.54) is 0 Å². The SMILES string of the molecule is COc1ncccc1-c1ccc(O)c(-c2nc3ccc(C(=O)CCc4n[nH]c(=O)[nH]4)cc3[nH]2)c1. The highest BCUT2D eigenvalue weighted by atomic mass is 16.5. The maximum absolute atomic E-state index is 12.6. The van der Waals surface area contributed by atoms with E-state index in [0.717, 1.165) is 11.1 Å². The van der Waals surface area contributed by atoms with Gasteiger partial charge in [-0.3, -0.25) is 9.78 Å². The van der Waals surface area contributed by atoms with Crippen molar-refractivity contribution < 1.29 is 14.6 Å². The number of imidazole rings is 1. The smallest absolute Gasteiger partial charge is 0.340 e. The van der Waals surface area contributed by atoms with Crippen LogP contribution in [0.5, 0.6) is 11.6 Å². The lowest BCUT2D eigenvalue weighted by molar-refractivity contribution is 0.0982. The minimum atomic E-state index is -0.400. The Morgan fingerprint density at radius 2 is 1.97 bits per heavy atom. The van der Waals surface area contributed by atoms with Gasteiger partial charge in [-0.2, -0.15) is 5.10 Å². The van der Waals surface area contributed by atoms with Crippen LogP contribution in [-0.2, 0) is 6.42 Å². The van der Waals surface area contributed by atoms with Crippen molar-refractivity contribution in [2.75, 3.05) is 7.11 Å². The number of nitrogens with zero attached hydrogens (tertiary/aromatic N) is 3. The molecule has 10 nitrogen and oxygen atoms in total. The van der Waals surface area contributed by atoms with Gasteiger partial charge < -0.3 is 14.8 Å². The summed E-state index contributed by atoms with van der Waals surface area (Å²) in [6.45, 7) is 0. The molecule has 4 N–H and O–H groups in total. The Morgan fingerprint density at radius 1 is 1.09 bits per heavy atom. The number of aromatic nitrogens is 6. The third-order valence-corrected chi connectivity index (χ3v) is 5.47. The number of methoxy groups -OCH3 is 1. The van der Waals surface area contributed by atoms with Gasteiger partial charge in [0.25, 0.3) is 0 Å². The topological polar surface area (TPSA) is 150 Å². The molecule has 170 valence electrons. The largest absolute Gasteiger partial charge is 0.507 e. The minimum Gasteiger partial charge on any atom is -0.507 e. The molecule has 0 bridgehead atoms. The number of benzene rings is 2. The van der Waals surface area contributed by atoms with Crippen molar-refractivity contribution in [3.63, 3.8) is 0 Å². The molecule has 0 atom stereocenters. The summed E-state index contributed by atoms with van der Waals surface area (Å²) < 4.78 is 5.36. The molecular weight excluding hydrogens is 436 g/mol. The fourth-order valence-electron chi connectivity index (χ4n) is 3.78. The van der Waals surface area contributed by atoms with Crippen LogP contribution in [0.1, 0.15) is 22.6 Å². The predicted molar refractivity (Wildman–Crippen MR) is 125 cm³/mol. The van der Waals surface area contributed by atoms with E-state index in [2.05, 4.69) is 30.1 Å². The number of aryl methyl sites for hydroxylation is 1. The van der Waals surface area contributed by atoms with Gasteiger partial charge >= 0.3 is 5.69 Å².